The Labute approximate surface area is 71.3 Å². The van der Waals surface area contributed by atoms with Gasteiger partial charge in [-0.15, -0.1) is 0 Å². The third-order valence-corrected chi connectivity index (χ3v) is 1.48. The van der Waals surface area contributed by atoms with Crippen LogP contribution in [0.15, 0.2) is 18.3 Å². The van der Waals surface area contributed by atoms with Crippen LogP contribution in [0.3, 0.4) is 0 Å². The molecule has 0 aliphatic heterocycles. The van der Waals surface area contributed by atoms with Gasteiger partial charge in [0, 0.05) is 18.8 Å². The summed E-state index contributed by atoms with van der Waals surface area (Å²) < 4.78 is 9.53. The molecule has 0 aromatic carbocycles. The molecule has 64 valence electrons. The van der Waals surface area contributed by atoms with E-state index in [1.165, 1.54) is 20.4 Å². The van der Waals surface area contributed by atoms with E-state index in [0.29, 0.717) is 11.3 Å². The lowest BCUT2D eigenvalue weighted by Crippen LogP contribution is -2.32. The lowest BCUT2D eigenvalue weighted by atomic mass is 9.81. The number of hydrogen-bond acceptors (Lipinski definition) is 4. The smallest absolute Gasteiger partial charge is 0.481 e. The highest BCUT2D eigenvalue weighted by molar-refractivity contribution is 6.59. The van der Waals surface area contributed by atoms with E-state index in [2.05, 4.69) is 9.64 Å². The molecule has 0 saturated heterocycles. The predicted octanol–water partition coefficient (Wildman–Crippen LogP) is -0.576. The number of aromatic nitrogens is 1. The summed E-state index contributed by atoms with van der Waals surface area (Å²) in [5.74, 6) is 0.516. The molecule has 1 aromatic rings. The summed E-state index contributed by atoms with van der Waals surface area (Å²) in [6, 6.07) is 3.36. The first-order chi connectivity index (χ1) is 5.77. The molecule has 0 aliphatic rings. The fourth-order valence-corrected chi connectivity index (χ4v) is 0.795. The zero-order chi connectivity index (χ0) is 8.97. The van der Waals surface area contributed by atoms with E-state index in [1.807, 2.05) is 0 Å². The van der Waals surface area contributed by atoms with Crippen LogP contribution in [0, 0.1) is 0 Å². The first-order valence-electron chi connectivity index (χ1n) is 3.48. The van der Waals surface area contributed by atoms with Gasteiger partial charge in [0.25, 0.3) is 0 Å². The molecule has 1 N–H and O–H groups in total. The number of nitrogens with zero attached hydrogens (tertiary/aromatic N) is 1. The van der Waals surface area contributed by atoms with Crippen LogP contribution in [0.2, 0.25) is 0 Å². The molecule has 1 rings (SSSR count). The van der Waals surface area contributed by atoms with Crippen molar-refractivity contribution in [2.24, 2.45) is 0 Å². The molecule has 0 spiro atoms. The molecular formula is C7H10BNO3. The second-order valence-corrected chi connectivity index (χ2v) is 2.22. The first kappa shape index (κ1) is 9.03. The molecule has 0 bridgehead atoms. The molecule has 0 unspecified atom stereocenters. The van der Waals surface area contributed by atoms with Gasteiger partial charge in [0.05, 0.1) is 7.11 Å². The van der Waals surface area contributed by atoms with E-state index in [1.54, 1.807) is 12.1 Å². The van der Waals surface area contributed by atoms with E-state index in [9.17, 15) is 5.02 Å². The summed E-state index contributed by atoms with van der Waals surface area (Å²) >= 11 is 0. The van der Waals surface area contributed by atoms with Crippen molar-refractivity contribution in [1.82, 2.24) is 4.98 Å². The van der Waals surface area contributed by atoms with Gasteiger partial charge in [0.1, 0.15) is 0 Å². The number of pyridine rings is 1. The standard InChI is InChI=1S/C7H10BNO3/c1-11-7-4-3-6(5-9-7)8(10)12-2/h3-5,10H,1-2H3. The highest BCUT2D eigenvalue weighted by Gasteiger charge is 2.13. The fraction of sp³-hybridized carbons (Fsp3) is 0.286. The van der Waals surface area contributed by atoms with E-state index < -0.39 is 7.12 Å². The fourth-order valence-electron chi connectivity index (χ4n) is 0.795. The summed E-state index contributed by atoms with van der Waals surface area (Å²) in [6.45, 7) is 0. The molecule has 12 heavy (non-hydrogen) atoms. The molecule has 1 aromatic heterocycles. The maximum atomic E-state index is 9.19. The van der Waals surface area contributed by atoms with Gasteiger partial charge in [0.2, 0.25) is 5.88 Å². The molecule has 5 heteroatoms. The summed E-state index contributed by atoms with van der Waals surface area (Å²) in [5, 5.41) is 9.19. The SMILES string of the molecule is COB(O)c1ccc(OC)nc1. The largest absolute Gasteiger partial charge is 0.492 e. The van der Waals surface area contributed by atoms with Gasteiger partial charge in [-0.2, -0.15) is 0 Å². The zero-order valence-corrected chi connectivity index (χ0v) is 7.02. The highest BCUT2D eigenvalue weighted by atomic mass is 16.5. The average molecular weight is 167 g/mol. The van der Waals surface area contributed by atoms with Gasteiger partial charge in [0.15, 0.2) is 0 Å². The number of methoxy groups -OCH3 is 1. The van der Waals surface area contributed by atoms with Crippen molar-refractivity contribution in [3.63, 3.8) is 0 Å². The third-order valence-electron chi connectivity index (χ3n) is 1.48. The predicted molar refractivity (Wildman–Crippen MR) is 45.4 cm³/mol. The van der Waals surface area contributed by atoms with Crippen molar-refractivity contribution >= 4 is 12.6 Å². The molecule has 0 aliphatic carbocycles. The minimum Gasteiger partial charge on any atom is -0.481 e. The Kier molecular flexibility index (Phi) is 3.07. The second-order valence-electron chi connectivity index (χ2n) is 2.22. The van der Waals surface area contributed by atoms with Crippen molar-refractivity contribution in [2.75, 3.05) is 14.2 Å². The van der Waals surface area contributed by atoms with Crippen LogP contribution in [0.1, 0.15) is 0 Å². The van der Waals surface area contributed by atoms with Crippen LogP contribution in [-0.2, 0) is 4.65 Å². The number of ether oxygens (including phenoxy) is 1. The quantitative estimate of drug-likeness (QED) is 0.612. The van der Waals surface area contributed by atoms with Gasteiger partial charge < -0.3 is 14.4 Å². The maximum absolute atomic E-state index is 9.19. The second kappa shape index (κ2) is 4.08. The molecule has 0 atom stereocenters. The first-order valence-corrected chi connectivity index (χ1v) is 3.48. The molecule has 0 radical (unpaired) electrons. The van der Waals surface area contributed by atoms with Crippen LogP contribution < -0.4 is 10.2 Å². The molecule has 1 heterocycles. The lowest BCUT2D eigenvalue weighted by Gasteiger charge is -2.03. The Morgan fingerprint density at radius 3 is 2.58 bits per heavy atom. The van der Waals surface area contributed by atoms with Gasteiger partial charge >= 0.3 is 7.12 Å². The Balaban J connectivity index is 2.77. The Morgan fingerprint density at radius 2 is 2.17 bits per heavy atom. The van der Waals surface area contributed by atoms with Crippen LogP contribution >= 0.6 is 0 Å². The molecule has 0 fully saturated rings. The third kappa shape index (κ3) is 1.96. The number of hydrogen-bond donors (Lipinski definition) is 1. The van der Waals surface area contributed by atoms with Crippen molar-refractivity contribution in [3.8, 4) is 5.88 Å². The minimum absolute atomic E-state index is 0.516. The van der Waals surface area contributed by atoms with Crippen molar-refractivity contribution in [3.05, 3.63) is 18.3 Å². The van der Waals surface area contributed by atoms with Crippen molar-refractivity contribution in [1.29, 1.82) is 0 Å². The molecule has 0 saturated carbocycles. The van der Waals surface area contributed by atoms with Gasteiger partial charge in [-0.1, -0.05) is 6.07 Å². The van der Waals surface area contributed by atoms with Crippen LogP contribution in [0.25, 0.3) is 0 Å². The van der Waals surface area contributed by atoms with Crippen molar-refractivity contribution in [2.45, 2.75) is 0 Å². The summed E-state index contributed by atoms with van der Waals surface area (Å²) in [6.07, 6.45) is 1.51. The van der Waals surface area contributed by atoms with Gasteiger partial charge in [-0.05, 0) is 6.07 Å². The van der Waals surface area contributed by atoms with Gasteiger partial charge in [-0.3, -0.25) is 0 Å². The summed E-state index contributed by atoms with van der Waals surface area (Å²) in [5.41, 5.74) is 0.610. The zero-order valence-electron chi connectivity index (χ0n) is 7.02. The normalized spacial score (nSPS) is 9.58. The average Bonchev–Trinajstić information content (AvgIpc) is 2.17. The Hall–Kier alpha value is -1.07. The van der Waals surface area contributed by atoms with Gasteiger partial charge in [-0.25, -0.2) is 4.98 Å². The van der Waals surface area contributed by atoms with E-state index in [-0.39, 0.29) is 0 Å². The summed E-state index contributed by atoms with van der Waals surface area (Å²) in [4.78, 5) is 3.90. The Morgan fingerprint density at radius 1 is 1.42 bits per heavy atom. The summed E-state index contributed by atoms with van der Waals surface area (Å²) in [7, 11) is 2.05. The maximum Gasteiger partial charge on any atom is 0.492 e. The van der Waals surface area contributed by atoms with Crippen molar-refractivity contribution < 1.29 is 14.4 Å². The van der Waals surface area contributed by atoms with E-state index >= 15 is 0 Å². The van der Waals surface area contributed by atoms with Crippen LogP contribution in [0.4, 0.5) is 0 Å². The topological polar surface area (TPSA) is 51.6 Å². The monoisotopic (exact) mass is 167 g/mol. The molecular weight excluding hydrogens is 157 g/mol. The minimum atomic E-state index is -0.914. The molecule has 4 nitrogen and oxygen atoms in total. The van der Waals surface area contributed by atoms with E-state index in [4.69, 9.17) is 4.74 Å². The number of rotatable bonds is 3. The van der Waals surface area contributed by atoms with Crippen LogP contribution in [0.5, 0.6) is 5.88 Å². The highest BCUT2D eigenvalue weighted by Crippen LogP contribution is 2.00. The van der Waals surface area contributed by atoms with Crippen LogP contribution in [-0.4, -0.2) is 31.3 Å². The van der Waals surface area contributed by atoms with E-state index in [0.717, 1.165) is 0 Å². The Bertz CT molecular complexity index is 239. The molecule has 0 amide bonds. The lowest BCUT2D eigenvalue weighted by molar-refractivity contribution is 0.341.